The molecule has 0 amide bonds. The Kier molecular flexibility index (Phi) is 7.12. The third kappa shape index (κ3) is 4.82. The van der Waals surface area contributed by atoms with Crippen LogP contribution >= 0.6 is 0 Å². The third-order valence-corrected chi connectivity index (χ3v) is 4.65. The Bertz CT molecular complexity index is 963. The van der Waals surface area contributed by atoms with Crippen molar-refractivity contribution in [3.05, 3.63) is 23.9 Å². The van der Waals surface area contributed by atoms with Gasteiger partial charge in [0.05, 0.1) is 32.5 Å². The minimum atomic E-state index is 0.214. The van der Waals surface area contributed by atoms with Crippen molar-refractivity contribution in [2.45, 2.75) is 26.3 Å². The number of hydrogen-bond acceptors (Lipinski definition) is 9. The summed E-state index contributed by atoms with van der Waals surface area (Å²) >= 11 is 0. The van der Waals surface area contributed by atoms with Crippen molar-refractivity contribution >= 4 is 28.5 Å². The number of rotatable bonds is 11. The number of hydrogen-bond donors (Lipinski definition) is 4. The lowest BCUT2D eigenvalue weighted by Gasteiger charge is -2.16. The second kappa shape index (κ2) is 9.97. The highest BCUT2D eigenvalue weighted by molar-refractivity contribution is 5.85. The van der Waals surface area contributed by atoms with Crippen LogP contribution in [0.3, 0.4) is 0 Å². The number of aromatic nitrogens is 4. The fraction of sp³-hybridized carbons (Fsp3) is 0.450. The smallest absolute Gasteiger partial charge is 0.222 e. The number of nitrogens with zero attached hydrogens (tertiary/aromatic N) is 4. The van der Waals surface area contributed by atoms with Crippen LogP contribution in [0.2, 0.25) is 0 Å². The molecule has 3 rings (SSSR count). The van der Waals surface area contributed by atoms with E-state index in [4.69, 9.17) is 20.9 Å². The van der Waals surface area contributed by atoms with E-state index in [2.05, 4.69) is 32.6 Å². The molecule has 0 aliphatic carbocycles. The van der Waals surface area contributed by atoms with E-state index in [9.17, 15) is 0 Å². The summed E-state index contributed by atoms with van der Waals surface area (Å²) in [7, 11) is 3.26. The molecule has 0 aliphatic rings. The molecule has 30 heavy (non-hydrogen) atoms. The number of benzene rings is 1. The summed E-state index contributed by atoms with van der Waals surface area (Å²) in [6, 6.07) is 3.85. The van der Waals surface area contributed by atoms with Crippen LogP contribution in [0.1, 0.15) is 25.3 Å². The quantitative estimate of drug-likeness (QED) is 0.347. The minimum absolute atomic E-state index is 0.214. The van der Waals surface area contributed by atoms with Gasteiger partial charge in [0.1, 0.15) is 17.0 Å². The molecule has 6 N–H and O–H groups in total. The number of ether oxygens (including phenoxy) is 2. The van der Waals surface area contributed by atoms with E-state index >= 15 is 0 Å². The van der Waals surface area contributed by atoms with Crippen molar-refractivity contribution in [1.82, 2.24) is 19.7 Å². The Morgan fingerprint density at radius 2 is 1.80 bits per heavy atom. The van der Waals surface area contributed by atoms with E-state index in [0.717, 1.165) is 30.6 Å². The predicted molar refractivity (Wildman–Crippen MR) is 119 cm³/mol. The lowest BCUT2D eigenvalue weighted by molar-refractivity contribution is 0.382. The van der Waals surface area contributed by atoms with Gasteiger partial charge in [0, 0.05) is 37.5 Å². The van der Waals surface area contributed by atoms with Crippen LogP contribution in [0.25, 0.3) is 11.0 Å². The van der Waals surface area contributed by atoms with Gasteiger partial charge in [-0.3, -0.25) is 4.68 Å². The lowest BCUT2D eigenvalue weighted by Crippen LogP contribution is -2.13. The highest BCUT2D eigenvalue weighted by Gasteiger charge is 2.16. The molecule has 0 fully saturated rings. The molecule has 0 aliphatic heterocycles. The number of unbranched alkanes of at least 4 members (excludes halogenated alkanes) is 1. The largest absolute Gasteiger partial charge is 0.496 e. The van der Waals surface area contributed by atoms with E-state index < -0.39 is 0 Å². The van der Waals surface area contributed by atoms with Crippen LogP contribution in [0.5, 0.6) is 11.5 Å². The highest BCUT2D eigenvalue weighted by Crippen LogP contribution is 2.34. The molecule has 0 spiro atoms. The first-order valence-electron chi connectivity index (χ1n) is 10.0. The fourth-order valence-electron chi connectivity index (χ4n) is 3.19. The maximum absolute atomic E-state index is 5.88. The number of anilines is 3. The van der Waals surface area contributed by atoms with Crippen molar-refractivity contribution < 1.29 is 9.47 Å². The minimum Gasteiger partial charge on any atom is -0.496 e. The van der Waals surface area contributed by atoms with Crippen LogP contribution in [0.15, 0.2) is 18.3 Å². The van der Waals surface area contributed by atoms with Crippen LogP contribution in [0.4, 0.5) is 17.5 Å². The molecule has 0 radical (unpaired) electrons. The van der Waals surface area contributed by atoms with E-state index in [0.29, 0.717) is 48.0 Å². The van der Waals surface area contributed by atoms with Crippen LogP contribution in [-0.4, -0.2) is 53.6 Å². The summed E-state index contributed by atoms with van der Waals surface area (Å²) in [5.74, 6) is 2.25. The molecular weight excluding hydrogens is 384 g/mol. The number of fused-ring (bicyclic) bond motifs is 1. The Morgan fingerprint density at radius 1 is 1.07 bits per heavy atom. The number of nitrogens with two attached hydrogens (primary N) is 2. The first-order chi connectivity index (χ1) is 14.6. The topological polar surface area (TPSA) is 138 Å². The van der Waals surface area contributed by atoms with E-state index in [-0.39, 0.29) is 5.95 Å². The first kappa shape index (κ1) is 21.4. The van der Waals surface area contributed by atoms with Gasteiger partial charge in [-0.25, -0.2) is 4.98 Å². The van der Waals surface area contributed by atoms with Gasteiger partial charge in [-0.1, -0.05) is 13.3 Å². The molecule has 2 heterocycles. The zero-order valence-corrected chi connectivity index (χ0v) is 17.7. The molecule has 0 saturated heterocycles. The van der Waals surface area contributed by atoms with Gasteiger partial charge >= 0.3 is 0 Å². The van der Waals surface area contributed by atoms with Gasteiger partial charge in [-0.2, -0.15) is 10.1 Å². The molecule has 10 heteroatoms. The van der Waals surface area contributed by atoms with Gasteiger partial charge < -0.3 is 31.6 Å². The van der Waals surface area contributed by atoms with Gasteiger partial charge in [0.25, 0.3) is 0 Å². The standard InChI is InChI=1S/C20H30N8O2/c1-4-5-7-24-19-18-15(25-20(22)26-19)12-28(27-18)11-14-16(29-2)9-13(23-8-6-21)10-17(14)30-3/h9-10,12,23H,4-8,11,21H2,1-3H3,(H3,22,24,25,26). The Hall–Kier alpha value is -3.27. The number of methoxy groups -OCH3 is 2. The normalized spacial score (nSPS) is 10.9. The van der Waals surface area contributed by atoms with Gasteiger partial charge in [-0.15, -0.1) is 0 Å². The summed E-state index contributed by atoms with van der Waals surface area (Å²) in [4.78, 5) is 8.63. The maximum Gasteiger partial charge on any atom is 0.222 e. The molecule has 0 saturated carbocycles. The molecule has 2 aromatic heterocycles. The zero-order valence-electron chi connectivity index (χ0n) is 17.7. The number of nitrogens with one attached hydrogen (secondary N) is 2. The lowest BCUT2D eigenvalue weighted by atomic mass is 10.1. The molecule has 0 unspecified atom stereocenters. The average Bonchev–Trinajstić information content (AvgIpc) is 3.15. The summed E-state index contributed by atoms with van der Waals surface area (Å²) in [6.45, 7) is 4.56. The average molecular weight is 415 g/mol. The molecular formula is C20H30N8O2. The van der Waals surface area contributed by atoms with Crippen LogP contribution in [-0.2, 0) is 6.54 Å². The van der Waals surface area contributed by atoms with E-state index in [1.165, 1.54) is 0 Å². The van der Waals surface area contributed by atoms with Crippen molar-refractivity contribution in [3.8, 4) is 11.5 Å². The van der Waals surface area contributed by atoms with E-state index in [1.807, 2.05) is 18.3 Å². The maximum atomic E-state index is 5.88. The molecule has 3 aromatic rings. The summed E-state index contributed by atoms with van der Waals surface area (Å²) in [5.41, 5.74) is 14.6. The molecule has 0 atom stereocenters. The fourth-order valence-corrected chi connectivity index (χ4v) is 3.19. The van der Waals surface area contributed by atoms with Crippen LogP contribution in [0, 0.1) is 0 Å². The van der Waals surface area contributed by atoms with Gasteiger partial charge in [0.2, 0.25) is 5.95 Å². The molecule has 0 bridgehead atoms. The van der Waals surface area contributed by atoms with Gasteiger partial charge in [-0.05, 0) is 6.42 Å². The second-order valence-corrected chi connectivity index (χ2v) is 6.85. The second-order valence-electron chi connectivity index (χ2n) is 6.85. The molecule has 162 valence electrons. The van der Waals surface area contributed by atoms with Crippen molar-refractivity contribution in [1.29, 1.82) is 0 Å². The Balaban J connectivity index is 1.94. The predicted octanol–water partition coefficient (Wildman–Crippen LogP) is 2.06. The highest BCUT2D eigenvalue weighted by atomic mass is 16.5. The van der Waals surface area contributed by atoms with Crippen molar-refractivity contribution in [3.63, 3.8) is 0 Å². The third-order valence-electron chi connectivity index (χ3n) is 4.65. The summed E-state index contributed by atoms with van der Waals surface area (Å²) in [6.07, 6.45) is 3.96. The van der Waals surface area contributed by atoms with Crippen molar-refractivity contribution in [2.24, 2.45) is 5.73 Å². The molecule has 10 nitrogen and oxygen atoms in total. The van der Waals surface area contributed by atoms with Gasteiger partial charge in [0.15, 0.2) is 11.3 Å². The van der Waals surface area contributed by atoms with Crippen LogP contribution < -0.4 is 31.6 Å². The number of nitrogen functional groups attached to an aromatic ring is 1. The monoisotopic (exact) mass is 414 g/mol. The summed E-state index contributed by atoms with van der Waals surface area (Å²) in [5, 5.41) is 11.2. The SMILES string of the molecule is CCCCNc1nc(N)nc2cn(Cc3c(OC)cc(NCCN)cc3OC)nc12. The first-order valence-corrected chi connectivity index (χ1v) is 10.0. The molecule has 1 aromatic carbocycles. The Morgan fingerprint density at radius 3 is 2.43 bits per heavy atom. The summed E-state index contributed by atoms with van der Waals surface area (Å²) < 4.78 is 13.0. The van der Waals surface area contributed by atoms with Crippen molar-refractivity contribution in [2.75, 3.05) is 50.2 Å². The van der Waals surface area contributed by atoms with E-state index in [1.54, 1.807) is 18.9 Å². The zero-order chi connectivity index (χ0) is 21.5. The Labute approximate surface area is 176 Å².